The molecule has 0 N–H and O–H groups in total. The lowest BCUT2D eigenvalue weighted by atomic mass is 8.92. The van der Waals surface area contributed by atoms with Crippen LogP contribution in [0.15, 0.2) is 24.3 Å². The predicted molar refractivity (Wildman–Crippen MR) is 68.2 cm³/mol. The summed E-state index contributed by atoms with van der Waals surface area (Å²) in [6.07, 6.45) is 0. The Hall–Kier alpha value is -1.31. The molecule has 0 spiro atoms. The van der Waals surface area contributed by atoms with Crippen LogP contribution in [0.5, 0.6) is 0 Å². The monoisotopic (exact) mass is 252 g/mol. The first-order valence-electron chi connectivity index (χ1n) is 7.38. The van der Waals surface area contributed by atoms with Gasteiger partial charge in [0.2, 0.25) is 0 Å². The Morgan fingerprint density at radius 1 is 1.05 bits per heavy atom. The van der Waals surface area contributed by atoms with Crippen molar-refractivity contribution in [1.29, 1.82) is 0 Å². The van der Waals surface area contributed by atoms with Gasteiger partial charge in [0.25, 0.3) is 0 Å². The van der Waals surface area contributed by atoms with Crippen molar-refractivity contribution in [2.24, 2.45) is 40.9 Å². The minimum atomic E-state index is 0.0131. The highest BCUT2D eigenvalue weighted by Crippen LogP contribution is 3.10. The number of aryl methyl sites for hydroxylation is 1. The van der Waals surface area contributed by atoms with Gasteiger partial charge in [0, 0.05) is 5.41 Å². The number of hydrogen-bond donors (Lipinski definition) is 0. The maximum atomic E-state index is 12.1. The highest BCUT2D eigenvalue weighted by molar-refractivity contribution is 5.89. The van der Waals surface area contributed by atoms with E-state index in [1.807, 2.05) is 0 Å². The molecule has 0 aliphatic heterocycles. The van der Waals surface area contributed by atoms with Gasteiger partial charge in [-0.1, -0.05) is 24.3 Å². The maximum absolute atomic E-state index is 12.1. The molecule has 6 aliphatic carbocycles. The summed E-state index contributed by atoms with van der Waals surface area (Å²) in [5.74, 6) is 4.58. The highest BCUT2D eigenvalue weighted by atomic mass is 16.5. The lowest BCUT2D eigenvalue weighted by Gasteiger charge is -3.10. The lowest BCUT2D eigenvalue weighted by Crippen LogP contribution is -3.12. The molecule has 0 amide bonds. The van der Waals surface area contributed by atoms with Crippen molar-refractivity contribution in [2.75, 3.05) is 7.11 Å². The van der Waals surface area contributed by atoms with Crippen molar-refractivity contribution < 1.29 is 9.53 Å². The smallest absolute Gasteiger partial charge is 0.312 e. The van der Waals surface area contributed by atoms with E-state index >= 15 is 0 Å². The van der Waals surface area contributed by atoms with E-state index in [1.165, 1.54) is 5.56 Å². The zero-order chi connectivity index (χ0) is 12.7. The molecular formula is C17H16O2. The third kappa shape index (κ3) is 0.514. The van der Waals surface area contributed by atoms with Gasteiger partial charge in [0.15, 0.2) is 0 Å². The molecule has 0 saturated heterocycles. The van der Waals surface area contributed by atoms with Gasteiger partial charge in [-0.3, -0.25) is 4.79 Å². The molecule has 6 saturated carbocycles. The Balaban J connectivity index is 1.46. The molecule has 0 heterocycles. The first-order chi connectivity index (χ1) is 9.23. The Bertz CT molecular complexity index is 620. The van der Waals surface area contributed by atoms with Crippen LogP contribution < -0.4 is 0 Å². The number of ether oxygens (including phenoxy) is 1. The second-order valence-corrected chi connectivity index (χ2v) is 7.33. The van der Waals surface area contributed by atoms with Crippen molar-refractivity contribution >= 4 is 5.97 Å². The van der Waals surface area contributed by atoms with Gasteiger partial charge in [-0.05, 0) is 53.6 Å². The van der Waals surface area contributed by atoms with Crippen LogP contribution in [-0.2, 0) is 14.9 Å². The van der Waals surface area contributed by atoms with Crippen molar-refractivity contribution in [2.45, 2.75) is 12.3 Å². The van der Waals surface area contributed by atoms with Gasteiger partial charge in [-0.15, -0.1) is 0 Å². The molecule has 0 bridgehead atoms. The molecule has 6 aliphatic rings. The molecule has 2 nitrogen and oxygen atoms in total. The van der Waals surface area contributed by atoms with E-state index < -0.39 is 0 Å². The fourth-order valence-electron chi connectivity index (χ4n) is 7.71. The number of benzene rings is 1. The third-order valence-electron chi connectivity index (χ3n) is 7.78. The molecule has 0 unspecified atom stereocenters. The van der Waals surface area contributed by atoms with E-state index in [1.54, 1.807) is 12.7 Å². The third-order valence-corrected chi connectivity index (χ3v) is 7.78. The first kappa shape index (κ1) is 9.57. The number of carbonyl (C=O) groups excluding carboxylic acids is 1. The van der Waals surface area contributed by atoms with E-state index in [-0.39, 0.29) is 11.4 Å². The molecule has 6 fully saturated rings. The largest absolute Gasteiger partial charge is 0.469 e. The number of esters is 1. The quantitative estimate of drug-likeness (QED) is 0.754. The lowest BCUT2D eigenvalue weighted by molar-refractivity contribution is -0.613. The van der Waals surface area contributed by atoms with Gasteiger partial charge >= 0.3 is 5.97 Å². The molecule has 0 radical (unpaired) electrons. The van der Waals surface area contributed by atoms with Crippen LogP contribution in [0.25, 0.3) is 0 Å². The van der Waals surface area contributed by atoms with Crippen LogP contribution in [0.1, 0.15) is 11.1 Å². The zero-order valence-corrected chi connectivity index (χ0v) is 11.1. The van der Waals surface area contributed by atoms with Crippen LogP contribution in [0.2, 0.25) is 0 Å². The number of hydrogen-bond acceptors (Lipinski definition) is 2. The summed E-state index contributed by atoms with van der Waals surface area (Å²) >= 11 is 0. The minimum Gasteiger partial charge on any atom is -0.469 e. The van der Waals surface area contributed by atoms with Gasteiger partial charge in [-0.2, -0.15) is 0 Å². The summed E-state index contributed by atoms with van der Waals surface area (Å²) < 4.78 is 5.08. The van der Waals surface area contributed by atoms with Crippen LogP contribution in [0.4, 0.5) is 0 Å². The molecular weight excluding hydrogens is 236 g/mol. The van der Waals surface area contributed by atoms with E-state index in [0.717, 1.165) is 17.8 Å². The van der Waals surface area contributed by atoms with E-state index in [4.69, 9.17) is 4.74 Å². The average Bonchev–Trinajstić information content (AvgIpc) is 2.46. The van der Waals surface area contributed by atoms with Gasteiger partial charge in [0.05, 0.1) is 12.5 Å². The second-order valence-electron chi connectivity index (χ2n) is 7.33. The molecule has 7 rings (SSSR count). The second kappa shape index (κ2) is 2.25. The molecule has 1 aromatic rings. The number of methoxy groups -OCH3 is 1. The van der Waals surface area contributed by atoms with Crippen LogP contribution in [0.3, 0.4) is 0 Å². The minimum absolute atomic E-state index is 0.0131. The Kier molecular flexibility index (Phi) is 1.14. The summed E-state index contributed by atoms with van der Waals surface area (Å²) in [6.45, 7) is 2.24. The molecule has 96 valence electrons. The predicted octanol–water partition coefficient (Wildman–Crippen LogP) is 2.16. The fourth-order valence-corrected chi connectivity index (χ4v) is 7.71. The van der Waals surface area contributed by atoms with Crippen LogP contribution in [0, 0.1) is 47.8 Å². The summed E-state index contributed by atoms with van der Waals surface area (Å²) in [5, 5.41) is 0. The summed E-state index contributed by atoms with van der Waals surface area (Å²) in [7, 11) is 1.56. The average molecular weight is 252 g/mol. The summed E-state index contributed by atoms with van der Waals surface area (Å²) in [4.78, 5) is 12.1. The topological polar surface area (TPSA) is 26.3 Å². The van der Waals surface area contributed by atoms with Crippen molar-refractivity contribution in [3.63, 3.8) is 0 Å². The molecule has 2 heteroatoms. The molecule has 0 aromatic heterocycles. The molecule has 1 aromatic carbocycles. The van der Waals surface area contributed by atoms with E-state index in [0.29, 0.717) is 23.2 Å². The number of rotatable bonds is 2. The van der Waals surface area contributed by atoms with Crippen LogP contribution >= 0.6 is 0 Å². The summed E-state index contributed by atoms with van der Waals surface area (Å²) in [5.41, 5.74) is 3.56. The normalized spacial score (nSPS) is 59.7. The fraction of sp³-hybridized carbons (Fsp3) is 0.588. The van der Waals surface area contributed by atoms with Gasteiger partial charge < -0.3 is 4.74 Å². The number of carbonyl (C=O) groups is 1. The summed E-state index contributed by atoms with van der Waals surface area (Å²) in [6, 6.07) is 8.89. The molecule has 19 heavy (non-hydrogen) atoms. The SMILES string of the molecule is COC(=O)C12C3C4C1C1C2C3C41c1ccccc1C. The highest BCUT2D eigenvalue weighted by Gasteiger charge is 3.11. The standard InChI is InChI=1S/C17H16O2/c1-7-5-3-4-6-8(7)16-9-12-10(16)14-11(16)13(9)17(12,14)15(18)19-2/h3-6,9-14H,1-2H3. The van der Waals surface area contributed by atoms with Crippen molar-refractivity contribution in [1.82, 2.24) is 0 Å². The first-order valence-corrected chi connectivity index (χ1v) is 7.38. The van der Waals surface area contributed by atoms with Gasteiger partial charge in [0.1, 0.15) is 0 Å². The van der Waals surface area contributed by atoms with E-state index in [2.05, 4.69) is 31.2 Å². The molecule has 0 atom stereocenters. The van der Waals surface area contributed by atoms with Crippen molar-refractivity contribution in [3.05, 3.63) is 35.4 Å². The van der Waals surface area contributed by atoms with Gasteiger partial charge in [-0.25, -0.2) is 0 Å². The van der Waals surface area contributed by atoms with Crippen molar-refractivity contribution in [3.8, 4) is 0 Å². The maximum Gasteiger partial charge on any atom is 0.312 e. The Morgan fingerprint density at radius 2 is 1.63 bits per heavy atom. The Morgan fingerprint density at radius 3 is 2.16 bits per heavy atom. The Labute approximate surface area is 112 Å². The van der Waals surface area contributed by atoms with E-state index in [9.17, 15) is 4.79 Å². The van der Waals surface area contributed by atoms with Crippen LogP contribution in [-0.4, -0.2) is 13.1 Å². The zero-order valence-electron chi connectivity index (χ0n) is 11.1.